The van der Waals surface area contributed by atoms with Crippen molar-refractivity contribution in [1.29, 1.82) is 0 Å². The third-order valence-electron chi connectivity index (χ3n) is 3.42. The van der Waals surface area contributed by atoms with E-state index in [1.165, 1.54) is 0 Å². The van der Waals surface area contributed by atoms with Crippen molar-refractivity contribution in [1.82, 2.24) is 15.2 Å². The summed E-state index contributed by atoms with van der Waals surface area (Å²) in [5.74, 6) is 1.19. The van der Waals surface area contributed by atoms with Gasteiger partial charge >= 0.3 is 6.03 Å². The van der Waals surface area contributed by atoms with Crippen molar-refractivity contribution in [3.8, 4) is 5.75 Å². The molecule has 1 saturated heterocycles. The lowest BCUT2D eigenvalue weighted by Crippen LogP contribution is -2.38. The number of carbonyl (C=O) groups is 1. The summed E-state index contributed by atoms with van der Waals surface area (Å²) < 4.78 is 10.3. The minimum atomic E-state index is -0.0479. The number of methoxy groups -OCH3 is 2. The fraction of sp³-hybridized carbons (Fsp3) is 0.571. The fourth-order valence-electron chi connectivity index (χ4n) is 2.35. The Morgan fingerprint density at radius 2 is 2.40 bits per heavy atom. The average molecular weight is 279 g/mol. The summed E-state index contributed by atoms with van der Waals surface area (Å²) in [6.45, 7) is 2.65. The highest BCUT2D eigenvalue weighted by molar-refractivity contribution is 5.74. The maximum atomic E-state index is 12.0. The van der Waals surface area contributed by atoms with Crippen molar-refractivity contribution in [2.75, 3.05) is 33.9 Å². The van der Waals surface area contributed by atoms with Gasteiger partial charge in [-0.15, -0.1) is 0 Å². The molecule has 0 bridgehead atoms. The Balaban J connectivity index is 1.80. The monoisotopic (exact) mass is 279 g/mol. The molecule has 0 radical (unpaired) electrons. The molecule has 2 heterocycles. The summed E-state index contributed by atoms with van der Waals surface area (Å²) in [7, 11) is 3.30. The van der Waals surface area contributed by atoms with E-state index >= 15 is 0 Å². The van der Waals surface area contributed by atoms with Crippen LogP contribution in [0.3, 0.4) is 0 Å². The van der Waals surface area contributed by atoms with E-state index in [9.17, 15) is 4.79 Å². The molecule has 1 aromatic rings. The van der Waals surface area contributed by atoms with Crippen LogP contribution in [0.25, 0.3) is 0 Å². The van der Waals surface area contributed by atoms with E-state index in [2.05, 4.69) is 10.3 Å². The first-order chi connectivity index (χ1) is 9.72. The summed E-state index contributed by atoms with van der Waals surface area (Å²) in [5.41, 5.74) is 0.783. The topological polar surface area (TPSA) is 63.7 Å². The molecule has 20 heavy (non-hydrogen) atoms. The van der Waals surface area contributed by atoms with Crippen molar-refractivity contribution >= 4 is 6.03 Å². The van der Waals surface area contributed by atoms with Gasteiger partial charge in [0.1, 0.15) is 5.75 Å². The van der Waals surface area contributed by atoms with Gasteiger partial charge in [0.2, 0.25) is 0 Å². The number of nitrogens with one attached hydrogen (secondary N) is 1. The molecule has 110 valence electrons. The first-order valence-corrected chi connectivity index (χ1v) is 6.73. The van der Waals surface area contributed by atoms with Gasteiger partial charge in [0.15, 0.2) is 0 Å². The molecule has 1 aliphatic heterocycles. The van der Waals surface area contributed by atoms with Gasteiger partial charge in [-0.3, -0.25) is 4.98 Å². The van der Waals surface area contributed by atoms with Crippen molar-refractivity contribution < 1.29 is 14.3 Å². The van der Waals surface area contributed by atoms with Crippen LogP contribution < -0.4 is 10.1 Å². The maximum Gasteiger partial charge on any atom is 0.317 e. The Morgan fingerprint density at radius 3 is 3.15 bits per heavy atom. The van der Waals surface area contributed by atoms with Gasteiger partial charge < -0.3 is 19.7 Å². The summed E-state index contributed by atoms with van der Waals surface area (Å²) >= 11 is 0. The second-order valence-electron chi connectivity index (χ2n) is 4.90. The van der Waals surface area contributed by atoms with Crippen LogP contribution >= 0.6 is 0 Å². The quantitative estimate of drug-likeness (QED) is 0.881. The predicted molar refractivity (Wildman–Crippen MR) is 74.6 cm³/mol. The lowest BCUT2D eigenvalue weighted by Gasteiger charge is -2.17. The third-order valence-corrected chi connectivity index (χ3v) is 3.42. The standard InChI is InChI=1S/C14H21N3O3/c1-19-10-11-4-6-17(9-11)14(18)16-8-12-7-13(20-2)3-5-15-12/h3,5,7,11H,4,6,8-10H2,1-2H3,(H,16,18)/t11-/m0/s1. The van der Waals surface area contributed by atoms with Crippen LogP contribution in [-0.4, -0.2) is 49.8 Å². The molecule has 0 aliphatic carbocycles. The second-order valence-corrected chi connectivity index (χ2v) is 4.90. The first-order valence-electron chi connectivity index (χ1n) is 6.73. The normalized spacial score (nSPS) is 18.1. The second kappa shape index (κ2) is 7.09. The van der Waals surface area contributed by atoms with Crippen LogP contribution in [0.15, 0.2) is 18.3 Å². The number of carbonyl (C=O) groups excluding carboxylic acids is 1. The van der Waals surface area contributed by atoms with Gasteiger partial charge in [0, 0.05) is 38.4 Å². The van der Waals surface area contributed by atoms with Crippen LogP contribution in [-0.2, 0) is 11.3 Å². The van der Waals surface area contributed by atoms with Gasteiger partial charge in [-0.25, -0.2) is 4.79 Å². The lowest BCUT2D eigenvalue weighted by atomic mass is 10.1. The van der Waals surface area contributed by atoms with E-state index in [0.29, 0.717) is 19.1 Å². The SMILES string of the molecule is COC[C@H]1CCN(C(=O)NCc2cc(OC)ccn2)C1. The third kappa shape index (κ3) is 3.84. The lowest BCUT2D eigenvalue weighted by molar-refractivity contribution is 0.153. The molecule has 0 aromatic carbocycles. The number of rotatable bonds is 5. The smallest absolute Gasteiger partial charge is 0.317 e. The molecular formula is C14H21N3O3. The minimum absolute atomic E-state index is 0.0479. The van der Waals surface area contributed by atoms with Gasteiger partial charge in [-0.2, -0.15) is 0 Å². The highest BCUT2D eigenvalue weighted by Gasteiger charge is 2.25. The van der Waals surface area contributed by atoms with Gasteiger partial charge in [0.05, 0.1) is 26.0 Å². The van der Waals surface area contributed by atoms with Crippen molar-refractivity contribution in [3.63, 3.8) is 0 Å². The molecule has 2 amide bonds. The zero-order chi connectivity index (χ0) is 14.4. The van der Waals surface area contributed by atoms with E-state index < -0.39 is 0 Å². The highest BCUT2D eigenvalue weighted by Crippen LogP contribution is 2.16. The van der Waals surface area contributed by atoms with E-state index in [1.807, 2.05) is 11.0 Å². The van der Waals surface area contributed by atoms with Crippen LogP contribution in [0.2, 0.25) is 0 Å². The van der Waals surface area contributed by atoms with E-state index in [4.69, 9.17) is 9.47 Å². The van der Waals surface area contributed by atoms with Gasteiger partial charge in [-0.1, -0.05) is 0 Å². The highest BCUT2D eigenvalue weighted by atomic mass is 16.5. The molecular weight excluding hydrogens is 258 g/mol. The Hall–Kier alpha value is -1.82. The molecule has 0 unspecified atom stereocenters. The zero-order valence-electron chi connectivity index (χ0n) is 12.0. The van der Waals surface area contributed by atoms with Crippen molar-refractivity contribution in [3.05, 3.63) is 24.0 Å². The summed E-state index contributed by atoms with van der Waals surface area (Å²) in [5, 5.41) is 2.88. The van der Waals surface area contributed by atoms with Crippen LogP contribution in [0, 0.1) is 5.92 Å². The molecule has 2 rings (SSSR count). The van der Waals surface area contributed by atoms with E-state index in [1.54, 1.807) is 26.5 Å². The Kier molecular flexibility index (Phi) is 5.17. The number of nitrogens with zero attached hydrogens (tertiary/aromatic N) is 2. The Bertz CT molecular complexity index is 453. The maximum absolute atomic E-state index is 12.0. The Morgan fingerprint density at radius 1 is 1.55 bits per heavy atom. The number of amides is 2. The van der Waals surface area contributed by atoms with Crippen LogP contribution in [0.5, 0.6) is 5.75 Å². The molecule has 1 atom stereocenters. The number of likely N-dealkylation sites (tertiary alicyclic amines) is 1. The molecule has 0 spiro atoms. The molecule has 6 nitrogen and oxygen atoms in total. The predicted octanol–water partition coefficient (Wildman–Crippen LogP) is 1.27. The number of aromatic nitrogens is 1. The molecule has 0 saturated carbocycles. The van der Waals surface area contributed by atoms with Gasteiger partial charge in [-0.05, 0) is 12.5 Å². The number of urea groups is 1. The number of hydrogen-bond donors (Lipinski definition) is 1. The molecule has 1 N–H and O–H groups in total. The van der Waals surface area contributed by atoms with Crippen molar-refractivity contribution in [2.45, 2.75) is 13.0 Å². The fourth-order valence-corrected chi connectivity index (χ4v) is 2.35. The number of hydrogen-bond acceptors (Lipinski definition) is 4. The summed E-state index contributed by atoms with van der Waals surface area (Å²) in [4.78, 5) is 18.1. The zero-order valence-corrected chi connectivity index (χ0v) is 12.0. The van der Waals surface area contributed by atoms with Gasteiger partial charge in [0.25, 0.3) is 0 Å². The van der Waals surface area contributed by atoms with Crippen LogP contribution in [0.4, 0.5) is 4.79 Å². The van der Waals surface area contributed by atoms with Crippen LogP contribution in [0.1, 0.15) is 12.1 Å². The molecule has 6 heteroatoms. The number of pyridine rings is 1. The Labute approximate surface area is 119 Å². The van der Waals surface area contributed by atoms with E-state index in [-0.39, 0.29) is 6.03 Å². The average Bonchev–Trinajstić information content (AvgIpc) is 2.94. The largest absolute Gasteiger partial charge is 0.497 e. The molecule has 1 fully saturated rings. The minimum Gasteiger partial charge on any atom is -0.497 e. The first kappa shape index (κ1) is 14.6. The van der Waals surface area contributed by atoms with E-state index in [0.717, 1.165) is 31.0 Å². The number of ether oxygens (including phenoxy) is 2. The molecule has 1 aliphatic rings. The van der Waals surface area contributed by atoms with Crippen molar-refractivity contribution in [2.24, 2.45) is 5.92 Å². The molecule has 1 aromatic heterocycles. The summed E-state index contributed by atoms with van der Waals surface area (Å²) in [6, 6.07) is 3.55. The summed E-state index contributed by atoms with van der Waals surface area (Å²) in [6.07, 6.45) is 2.67.